The number of ether oxygens (including phenoxy) is 2. The van der Waals surface area contributed by atoms with Crippen LogP contribution < -0.4 is 9.47 Å². The third-order valence-corrected chi connectivity index (χ3v) is 3.25. The van der Waals surface area contributed by atoms with Gasteiger partial charge in [0, 0.05) is 7.05 Å². The van der Waals surface area contributed by atoms with Crippen molar-refractivity contribution in [2.75, 3.05) is 21.3 Å². The number of imide groups is 1. The number of carbonyl (C=O) groups is 2. The molecule has 2 amide bonds. The van der Waals surface area contributed by atoms with Gasteiger partial charge in [-0.05, 0) is 17.7 Å². The molecule has 100 valence electrons. The molecule has 1 aromatic rings. The van der Waals surface area contributed by atoms with Crippen molar-refractivity contribution in [2.24, 2.45) is 0 Å². The van der Waals surface area contributed by atoms with Crippen molar-refractivity contribution < 1.29 is 19.1 Å². The van der Waals surface area contributed by atoms with Crippen LogP contribution in [0.5, 0.6) is 11.5 Å². The molecule has 0 spiro atoms. The lowest BCUT2D eigenvalue weighted by Crippen LogP contribution is -2.26. The van der Waals surface area contributed by atoms with E-state index in [0.717, 1.165) is 4.90 Å². The number of halogens is 1. The highest BCUT2D eigenvalue weighted by Crippen LogP contribution is 2.35. The number of methoxy groups -OCH3 is 2. The van der Waals surface area contributed by atoms with E-state index in [1.807, 2.05) is 0 Å². The van der Waals surface area contributed by atoms with Crippen LogP contribution in [-0.2, 0) is 9.59 Å². The van der Waals surface area contributed by atoms with Crippen molar-refractivity contribution in [3.63, 3.8) is 0 Å². The summed E-state index contributed by atoms with van der Waals surface area (Å²) in [7, 11) is 4.40. The summed E-state index contributed by atoms with van der Waals surface area (Å²) in [5.41, 5.74) is 0.695. The number of carbonyl (C=O) groups excluding carboxylic acids is 2. The van der Waals surface area contributed by atoms with Crippen molar-refractivity contribution in [1.82, 2.24) is 4.90 Å². The molecule has 1 aromatic carbocycles. The molecule has 2 rings (SSSR count). The van der Waals surface area contributed by atoms with Crippen LogP contribution >= 0.6 is 11.6 Å². The third-order valence-electron chi connectivity index (χ3n) is 2.90. The van der Waals surface area contributed by atoms with Crippen molar-refractivity contribution in [3.8, 4) is 11.5 Å². The zero-order valence-electron chi connectivity index (χ0n) is 10.7. The third kappa shape index (κ3) is 2.06. The Labute approximate surface area is 115 Å². The summed E-state index contributed by atoms with van der Waals surface area (Å²) >= 11 is 5.92. The summed E-state index contributed by atoms with van der Waals surface area (Å²) in [6.07, 6.45) is 0. The molecule has 5 nitrogen and oxygen atoms in total. The van der Waals surface area contributed by atoms with Crippen LogP contribution in [0.2, 0.25) is 0 Å². The van der Waals surface area contributed by atoms with Crippen LogP contribution in [-0.4, -0.2) is 38.0 Å². The first kappa shape index (κ1) is 13.4. The molecule has 1 aliphatic heterocycles. The smallest absolute Gasteiger partial charge is 0.272 e. The minimum absolute atomic E-state index is 0.0836. The van der Waals surface area contributed by atoms with Gasteiger partial charge in [-0.3, -0.25) is 14.5 Å². The molecule has 0 unspecified atom stereocenters. The lowest BCUT2D eigenvalue weighted by atomic mass is 10.1. The number of benzene rings is 1. The Morgan fingerprint density at radius 1 is 1.05 bits per heavy atom. The van der Waals surface area contributed by atoms with E-state index >= 15 is 0 Å². The largest absolute Gasteiger partial charge is 0.493 e. The van der Waals surface area contributed by atoms with Gasteiger partial charge < -0.3 is 9.47 Å². The molecule has 1 aliphatic rings. The maximum Gasteiger partial charge on any atom is 0.272 e. The quantitative estimate of drug-likeness (QED) is 0.791. The van der Waals surface area contributed by atoms with Gasteiger partial charge >= 0.3 is 0 Å². The van der Waals surface area contributed by atoms with Gasteiger partial charge in [-0.1, -0.05) is 17.7 Å². The summed E-state index contributed by atoms with van der Waals surface area (Å²) in [6, 6.07) is 4.92. The Bertz CT molecular complexity index is 594. The summed E-state index contributed by atoms with van der Waals surface area (Å²) in [5.74, 6) is 0.0681. The Balaban J connectivity index is 2.54. The van der Waals surface area contributed by atoms with E-state index in [9.17, 15) is 9.59 Å². The summed E-state index contributed by atoms with van der Waals surface area (Å²) < 4.78 is 10.3. The van der Waals surface area contributed by atoms with Crippen molar-refractivity contribution in [3.05, 3.63) is 28.8 Å². The monoisotopic (exact) mass is 281 g/mol. The normalized spacial score (nSPS) is 15.3. The van der Waals surface area contributed by atoms with Crippen LogP contribution in [0.4, 0.5) is 0 Å². The Kier molecular flexibility index (Phi) is 3.48. The zero-order chi connectivity index (χ0) is 14.2. The van der Waals surface area contributed by atoms with Gasteiger partial charge in [0.1, 0.15) is 5.03 Å². The molecule has 0 radical (unpaired) electrons. The number of hydrogen-bond donors (Lipinski definition) is 0. The van der Waals surface area contributed by atoms with Crippen molar-refractivity contribution in [2.45, 2.75) is 0 Å². The molecular weight excluding hydrogens is 270 g/mol. The molecule has 1 heterocycles. The fourth-order valence-corrected chi connectivity index (χ4v) is 2.17. The van der Waals surface area contributed by atoms with Crippen molar-refractivity contribution in [1.29, 1.82) is 0 Å². The average Bonchev–Trinajstić information content (AvgIpc) is 2.62. The van der Waals surface area contributed by atoms with Gasteiger partial charge in [0.2, 0.25) is 0 Å². The highest BCUT2D eigenvalue weighted by molar-refractivity contribution is 6.55. The predicted molar refractivity (Wildman–Crippen MR) is 70.1 cm³/mol. The van der Waals surface area contributed by atoms with Gasteiger partial charge in [0.25, 0.3) is 11.8 Å². The summed E-state index contributed by atoms with van der Waals surface area (Å²) in [6.45, 7) is 0. The second kappa shape index (κ2) is 4.93. The lowest BCUT2D eigenvalue weighted by molar-refractivity contribution is -0.134. The number of nitrogens with zero attached hydrogens (tertiary/aromatic N) is 1. The molecule has 0 aromatic heterocycles. The van der Waals surface area contributed by atoms with E-state index in [-0.39, 0.29) is 10.6 Å². The fourth-order valence-electron chi connectivity index (χ4n) is 1.85. The molecule has 0 atom stereocenters. The highest BCUT2D eigenvalue weighted by atomic mass is 35.5. The van der Waals surface area contributed by atoms with Crippen LogP contribution in [0, 0.1) is 0 Å². The van der Waals surface area contributed by atoms with Crippen LogP contribution in [0.3, 0.4) is 0 Å². The Morgan fingerprint density at radius 3 is 2.16 bits per heavy atom. The first-order valence-corrected chi connectivity index (χ1v) is 5.83. The average molecular weight is 282 g/mol. The molecule has 0 bridgehead atoms. The summed E-state index contributed by atoms with van der Waals surface area (Å²) in [5, 5.41) is -0.0836. The number of rotatable bonds is 3. The topological polar surface area (TPSA) is 55.8 Å². The molecule has 19 heavy (non-hydrogen) atoms. The Morgan fingerprint density at radius 2 is 1.68 bits per heavy atom. The second-order valence-corrected chi connectivity index (χ2v) is 4.31. The van der Waals surface area contributed by atoms with E-state index in [1.165, 1.54) is 21.3 Å². The van der Waals surface area contributed by atoms with Crippen LogP contribution in [0.15, 0.2) is 23.2 Å². The molecule has 6 heteroatoms. The molecule has 0 saturated heterocycles. The van der Waals surface area contributed by atoms with Crippen LogP contribution in [0.1, 0.15) is 5.56 Å². The Hall–Kier alpha value is -2.01. The summed E-state index contributed by atoms with van der Waals surface area (Å²) in [4.78, 5) is 24.6. The van der Waals surface area contributed by atoms with Crippen LogP contribution in [0.25, 0.3) is 5.57 Å². The molecule has 0 saturated carbocycles. The fraction of sp³-hybridized carbons (Fsp3) is 0.231. The minimum atomic E-state index is -0.503. The van der Waals surface area contributed by atoms with E-state index in [2.05, 4.69) is 0 Å². The van der Waals surface area contributed by atoms with Gasteiger partial charge in [-0.15, -0.1) is 0 Å². The van der Waals surface area contributed by atoms with E-state index in [0.29, 0.717) is 17.1 Å². The molecular formula is C13H12ClNO4. The van der Waals surface area contributed by atoms with Gasteiger partial charge in [-0.2, -0.15) is 0 Å². The standard InChI is InChI=1S/C13H12ClNO4/c1-15-12(16)10(11(14)13(15)17)7-4-5-8(18-2)9(6-7)19-3/h4-6H,1-3H3. The number of likely N-dealkylation sites (N-methyl/N-ethyl adjacent to an activating group) is 1. The van der Waals surface area contributed by atoms with E-state index < -0.39 is 11.8 Å². The SMILES string of the molecule is COc1ccc(C2=C(Cl)C(=O)N(C)C2=O)cc1OC. The second-order valence-electron chi connectivity index (χ2n) is 3.93. The van der Waals surface area contributed by atoms with E-state index in [1.54, 1.807) is 18.2 Å². The number of hydrogen-bond acceptors (Lipinski definition) is 4. The minimum Gasteiger partial charge on any atom is -0.493 e. The maximum absolute atomic E-state index is 12.0. The molecule has 0 aliphatic carbocycles. The first-order valence-electron chi connectivity index (χ1n) is 5.45. The predicted octanol–water partition coefficient (Wildman–Crippen LogP) is 1.65. The van der Waals surface area contributed by atoms with Gasteiger partial charge in [0.15, 0.2) is 11.5 Å². The first-order chi connectivity index (χ1) is 9.01. The van der Waals surface area contributed by atoms with Gasteiger partial charge in [-0.25, -0.2) is 0 Å². The molecule has 0 fully saturated rings. The van der Waals surface area contributed by atoms with Gasteiger partial charge in [0.05, 0.1) is 19.8 Å². The molecule has 0 N–H and O–H groups in total. The zero-order valence-corrected chi connectivity index (χ0v) is 11.4. The highest BCUT2D eigenvalue weighted by Gasteiger charge is 2.35. The maximum atomic E-state index is 12.0. The number of amides is 2. The lowest BCUT2D eigenvalue weighted by Gasteiger charge is -2.10. The van der Waals surface area contributed by atoms with Crippen molar-refractivity contribution >= 4 is 29.0 Å². The van der Waals surface area contributed by atoms with E-state index in [4.69, 9.17) is 21.1 Å².